The van der Waals surface area contributed by atoms with E-state index in [9.17, 15) is 10.2 Å². The van der Waals surface area contributed by atoms with Crippen molar-refractivity contribution in [3.05, 3.63) is 53.1 Å². The maximum absolute atomic E-state index is 11.1. The van der Waals surface area contributed by atoms with Crippen molar-refractivity contribution in [1.82, 2.24) is 15.1 Å². The monoisotopic (exact) mass is 552 g/mol. The van der Waals surface area contributed by atoms with Crippen LogP contribution in [0.2, 0.25) is 0 Å². The summed E-state index contributed by atoms with van der Waals surface area (Å²) in [6, 6.07) is 11.7. The van der Waals surface area contributed by atoms with E-state index in [-0.39, 0.29) is 23.5 Å². The summed E-state index contributed by atoms with van der Waals surface area (Å²) in [4.78, 5) is 6.54. The summed E-state index contributed by atoms with van der Waals surface area (Å²) in [5.74, 6) is 0.677. The predicted octanol–water partition coefficient (Wildman–Crippen LogP) is 3.95. The molecule has 9 nitrogen and oxygen atoms in total. The molecule has 1 heterocycles. The number of phenols is 1. The molecule has 0 aromatic heterocycles. The second-order valence-corrected chi connectivity index (χ2v) is 11.4. The molecule has 1 aliphatic heterocycles. The molecule has 2 fully saturated rings. The molecule has 2 atom stereocenters. The van der Waals surface area contributed by atoms with Gasteiger partial charge in [0.1, 0.15) is 23.5 Å². The number of hydrogen-bond acceptors (Lipinski definition) is 8. The van der Waals surface area contributed by atoms with Crippen molar-refractivity contribution in [3.8, 4) is 11.5 Å². The summed E-state index contributed by atoms with van der Waals surface area (Å²) in [5, 5.41) is 34.3. The van der Waals surface area contributed by atoms with Gasteiger partial charge >= 0.3 is 0 Å². The number of aliphatic hydroxyl groups excluding tert-OH is 1. The second kappa shape index (κ2) is 13.8. The van der Waals surface area contributed by atoms with Gasteiger partial charge in [-0.2, -0.15) is 0 Å². The summed E-state index contributed by atoms with van der Waals surface area (Å²) < 4.78 is 5.50. The van der Waals surface area contributed by atoms with Gasteiger partial charge in [0.25, 0.3) is 0 Å². The molecule has 0 spiro atoms. The van der Waals surface area contributed by atoms with Crippen LogP contribution in [0.1, 0.15) is 75.2 Å². The van der Waals surface area contributed by atoms with E-state index in [0.717, 1.165) is 70.5 Å². The SMILES string of the molecule is CCN1CCN(Cc2ccc(N(C(=N)C(O)NC3CCCC3)C(N)c3cc(C(C)C)c(OC)cc3O)cc2)CC1. The minimum atomic E-state index is -1.19. The Kier molecular flexibility index (Phi) is 10.4. The maximum Gasteiger partial charge on any atom is 0.163 e. The molecule has 0 amide bonds. The Labute approximate surface area is 239 Å². The van der Waals surface area contributed by atoms with E-state index in [2.05, 4.69) is 48.0 Å². The molecule has 2 aliphatic rings. The lowest BCUT2D eigenvalue weighted by atomic mass is 9.97. The Bertz CT molecular complexity index is 1110. The number of amidine groups is 1. The highest BCUT2D eigenvalue weighted by Crippen LogP contribution is 2.37. The minimum absolute atomic E-state index is 0.00682. The lowest BCUT2D eigenvalue weighted by Crippen LogP contribution is -2.51. The molecule has 40 heavy (non-hydrogen) atoms. The highest BCUT2D eigenvalue weighted by molar-refractivity contribution is 5.99. The number of aromatic hydroxyl groups is 1. The number of rotatable bonds is 11. The number of nitrogens with zero attached hydrogens (tertiary/aromatic N) is 3. The van der Waals surface area contributed by atoms with E-state index < -0.39 is 12.4 Å². The van der Waals surface area contributed by atoms with Crippen LogP contribution in [0.4, 0.5) is 5.69 Å². The second-order valence-electron chi connectivity index (χ2n) is 11.4. The standard InChI is InChI=1S/C31H48N6O3/c1-5-35-14-16-36(17-15-35)20-22-10-12-24(13-11-22)37(30(33)31(39)34-23-8-6-7-9-23)29(32)26-18-25(21(2)3)28(40-4)19-27(26)38/h10-13,18-19,21,23,29,31,33-34,38-39H,5-9,14-17,20,32H2,1-4H3. The molecule has 4 rings (SSSR count). The maximum atomic E-state index is 11.1. The molecule has 9 heteroatoms. The Morgan fingerprint density at radius 3 is 2.27 bits per heavy atom. The van der Waals surface area contributed by atoms with Crippen molar-refractivity contribution >= 4 is 11.5 Å². The number of methoxy groups -OCH3 is 1. The number of piperazine rings is 1. The first kappa shape index (κ1) is 30.3. The van der Waals surface area contributed by atoms with Crippen LogP contribution in [-0.2, 0) is 6.54 Å². The molecule has 1 saturated carbocycles. The first-order valence-electron chi connectivity index (χ1n) is 14.7. The number of nitrogens with two attached hydrogens (primary N) is 1. The fraction of sp³-hybridized carbons (Fsp3) is 0.581. The van der Waals surface area contributed by atoms with Crippen LogP contribution in [0.15, 0.2) is 36.4 Å². The van der Waals surface area contributed by atoms with Crippen LogP contribution < -0.4 is 20.7 Å². The number of benzene rings is 2. The summed E-state index contributed by atoms with van der Waals surface area (Å²) in [7, 11) is 1.58. The van der Waals surface area contributed by atoms with Gasteiger partial charge in [-0.1, -0.05) is 45.7 Å². The van der Waals surface area contributed by atoms with Gasteiger partial charge in [0, 0.05) is 56.1 Å². The first-order chi connectivity index (χ1) is 19.2. The van der Waals surface area contributed by atoms with E-state index in [0.29, 0.717) is 17.0 Å². The van der Waals surface area contributed by atoms with Crippen LogP contribution >= 0.6 is 0 Å². The molecular formula is C31H48N6O3. The third-order valence-electron chi connectivity index (χ3n) is 8.40. The Balaban J connectivity index is 1.61. The fourth-order valence-corrected chi connectivity index (χ4v) is 5.87. The first-order valence-corrected chi connectivity index (χ1v) is 14.7. The van der Waals surface area contributed by atoms with E-state index in [1.807, 2.05) is 18.2 Å². The van der Waals surface area contributed by atoms with Gasteiger partial charge < -0.3 is 30.5 Å². The summed E-state index contributed by atoms with van der Waals surface area (Å²) in [6.07, 6.45) is 2.11. The lowest BCUT2D eigenvalue weighted by Gasteiger charge is -2.35. The molecule has 0 radical (unpaired) electrons. The Morgan fingerprint density at radius 1 is 1.07 bits per heavy atom. The molecule has 2 aromatic rings. The summed E-state index contributed by atoms with van der Waals surface area (Å²) in [5.41, 5.74) is 10.1. The van der Waals surface area contributed by atoms with Crippen molar-refractivity contribution in [3.63, 3.8) is 0 Å². The van der Waals surface area contributed by atoms with Crippen LogP contribution in [0, 0.1) is 5.41 Å². The number of aliphatic hydroxyl groups is 1. The molecule has 0 bridgehead atoms. The molecule has 1 aliphatic carbocycles. The number of hydrogen-bond donors (Lipinski definition) is 5. The highest BCUT2D eigenvalue weighted by Gasteiger charge is 2.30. The third-order valence-corrected chi connectivity index (χ3v) is 8.40. The summed E-state index contributed by atoms with van der Waals surface area (Å²) >= 11 is 0. The van der Waals surface area contributed by atoms with Gasteiger partial charge in [-0.25, -0.2) is 0 Å². The van der Waals surface area contributed by atoms with Gasteiger partial charge in [-0.3, -0.25) is 15.6 Å². The van der Waals surface area contributed by atoms with Crippen molar-refractivity contribution in [1.29, 1.82) is 5.41 Å². The number of likely N-dealkylation sites (N-methyl/N-ethyl adjacent to an activating group) is 1. The molecule has 2 aromatic carbocycles. The Morgan fingerprint density at radius 2 is 1.70 bits per heavy atom. The lowest BCUT2D eigenvalue weighted by molar-refractivity contribution is 0.132. The predicted molar refractivity (Wildman–Crippen MR) is 161 cm³/mol. The van der Waals surface area contributed by atoms with Crippen molar-refractivity contribution in [2.45, 2.75) is 77.4 Å². The van der Waals surface area contributed by atoms with E-state index >= 15 is 0 Å². The molecule has 1 saturated heterocycles. The van der Waals surface area contributed by atoms with Crippen LogP contribution in [0.5, 0.6) is 11.5 Å². The molecule has 2 unspecified atom stereocenters. The molecule has 6 N–H and O–H groups in total. The Hall–Kier alpha value is -2.69. The van der Waals surface area contributed by atoms with Gasteiger partial charge in [-0.15, -0.1) is 0 Å². The summed E-state index contributed by atoms with van der Waals surface area (Å²) in [6.45, 7) is 12.5. The van der Waals surface area contributed by atoms with E-state index in [1.54, 1.807) is 18.1 Å². The minimum Gasteiger partial charge on any atom is -0.507 e. The highest BCUT2D eigenvalue weighted by atomic mass is 16.5. The average Bonchev–Trinajstić information content (AvgIpc) is 3.47. The van der Waals surface area contributed by atoms with Crippen molar-refractivity contribution < 1.29 is 14.9 Å². The molecule has 220 valence electrons. The quantitative estimate of drug-likeness (QED) is 0.161. The topological polar surface area (TPSA) is 121 Å². The van der Waals surface area contributed by atoms with Gasteiger partial charge in [-0.05, 0) is 54.6 Å². The van der Waals surface area contributed by atoms with Crippen molar-refractivity contribution in [2.75, 3.05) is 44.7 Å². The van der Waals surface area contributed by atoms with Crippen molar-refractivity contribution in [2.24, 2.45) is 5.73 Å². The zero-order valence-corrected chi connectivity index (χ0v) is 24.6. The number of anilines is 1. The van der Waals surface area contributed by atoms with E-state index in [1.165, 1.54) is 5.56 Å². The number of ether oxygens (including phenoxy) is 1. The van der Waals surface area contributed by atoms with Gasteiger partial charge in [0.15, 0.2) is 6.23 Å². The largest absolute Gasteiger partial charge is 0.507 e. The zero-order valence-electron chi connectivity index (χ0n) is 24.6. The third kappa shape index (κ3) is 7.14. The fourth-order valence-electron chi connectivity index (χ4n) is 5.87. The van der Waals surface area contributed by atoms with Gasteiger partial charge in [0.05, 0.1) is 7.11 Å². The van der Waals surface area contributed by atoms with Gasteiger partial charge in [0.2, 0.25) is 0 Å². The van der Waals surface area contributed by atoms with Crippen LogP contribution in [-0.4, -0.2) is 78.0 Å². The average molecular weight is 553 g/mol. The van der Waals surface area contributed by atoms with Crippen LogP contribution in [0.25, 0.3) is 0 Å². The molecular weight excluding hydrogens is 504 g/mol. The van der Waals surface area contributed by atoms with E-state index in [4.69, 9.17) is 15.9 Å². The number of nitrogens with one attached hydrogen (secondary N) is 2. The van der Waals surface area contributed by atoms with Crippen LogP contribution in [0.3, 0.4) is 0 Å². The normalized spacial score (nSPS) is 18.7. The smallest absolute Gasteiger partial charge is 0.163 e. The zero-order chi connectivity index (χ0) is 28.8. The number of phenolic OH excluding ortho intramolecular Hbond substituents is 1.